The summed E-state index contributed by atoms with van der Waals surface area (Å²) in [6, 6.07) is 5.03. The lowest BCUT2D eigenvalue weighted by molar-refractivity contribution is -0.160. The number of rotatable bonds is 17. The second-order valence-electron chi connectivity index (χ2n) is 14.5. The second kappa shape index (κ2) is 19.6. The minimum atomic E-state index is -1.08. The van der Waals surface area contributed by atoms with Crippen molar-refractivity contribution in [2.75, 3.05) is 63.6 Å². The molecule has 4 heterocycles. The summed E-state index contributed by atoms with van der Waals surface area (Å²) in [5.74, 6) is -2.09. The Bertz CT molecular complexity index is 1930. The number of carbonyl (C=O) groups is 6. The number of carbonyl (C=O) groups excluding carboxylic acids is 6. The normalized spacial score (nSPS) is 19.5. The van der Waals surface area contributed by atoms with Gasteiger partial charge < -0.3 is 40.2 Å². The van der Waals surface area contributed by atoms with Gasteiger partial charge in [-0.3, -0.25) is 28.9 Å². The van der Waals surface area contributed by atoms with E-state index in [-0.39, 0.29) is 41.9 Å². The lowest BCUT2D eigenvalue weighted by atomic mass is 10.0. The third kappa shape index (κ3) is 10.6. The first-order valence-electron chi connectivity index (χ1n) is 19.6. The number of aromatic nitrogens is 1. The number of piperidine rings is 1. The maximum absolute atomic E-state index is 13.1. The first kappa shape index (κ1) is 43.4. The van der Waals surface area contributed by atoms with Gasteiger partial charge >= 0.3 is 5.97 Å². The standard InChI is InChI=1S/C41H55N7O8S/c1-8-47(9-2)19-16-42-38(52)36-24(3)32(43-25(36)4)22-30-29-21-28(13-14-31(29)45-37(30)51)44-34(50)15-20-55-41(54)27(6)56-26(5)33(49)23-35-46(7)39(53)40(57-35)48-17-11-10-12-18-48/h13-14,21-23,26-27,40,43H,8-12,15-20H2,1-7H3,(H,42,52)(H,44,50)(H,45,51)/b30-22-,35-23+. The third-order valence-corrected chi connectivity index (χ3v) is 11.8. The highest BCUT2D eigenvalue weighted by molar-refractivity contribution is 8.04. The van der Waals surface area contributed by atoms with Crippen molar-refractivity contribution in [1.29, 1.82) is 0 Å². The Morgan fingerprint density at radius 3 is 2.47 bits per heavy atom. The fourth-order valence-electron chi connectivity index (χ4n) is 7.05. The number of likely N-dealkylation sites (N-methyl/N-ethyl adjacent to an activating group) is 2. The van der Waals surface area contributed by atoms with Crippen molar-refractivity contribution < 1.29 is 38.2 Å². The van der Waals surface area contributed by atoms with Crippen molar-refractivity contribution in [2.24, 2.45) is 0 Å². The van der Waals surface area contributed by atoms with E-state index in [9.17, 15) is 28.8 Å². The fourth-order valence-corrected chi connectivity index (χ4v) is 8.33. The van der Waals surface area contributed by atoms with Gasteiger partial charge in [0.1, 0.15) is 18.1 Å². The van der Waals surface area contributed by atoms with E-state index in [1.807, 2.05) is 13.8 Å². The molecular weight excluding hydrogens is 751 g/mol. The summed E-state index contributed by atoms with van der Waals surface area (Å²) in [6.07, 6.45) is 4.13. The predicted octanol–water partition coefficient (Wildman–Crippen LogP) is 4.29. The molecule has 4 N–H and O–H groups in total. The summed E-state index contributed by atoms with van der Waals surface area (Å²) in [7, 11) is 1.65. The smallest absolute Gasteiger partial charge is 0.335 e. The van der Waals surface area contributed by atoms with Crippen LogP contribution in [0.2, 0.25) is 0 Å². The number of hydrogen-bond acceptors (Lipinski definition) is 11. The zero-order chi connectivity index (χ0) is 41.4. The Morgan fingerprint density at radius 2 is 1.77 bits per heavy atom. The van der Waals surface area contributed by atoms with Gasteiger partial charge in [0, 0.05) is 54.5 Å². The highest BCUT2D eigenvalue weighted by atomic mass is 32.2. The van der Waals surface area contributed by atoms with E-state index in [1.54, 1.807) is 31.3 Å². The largest absolute Gasteiger partial charge is 0.463 e. The molecule has 2 aromatic rings. The third-order valence-electron chi connectivity index (χ3n) is 10.5. The molecule has 2 saturated heterocycles. The second-order valence-corrected chi connectivity index (χ2v) is 15.6. The summed E-state index contributed by atoms with van der Waals surface area (Å²) in [4.78, 5) is 86.6. The molecule has 3 aliphatic rings. The Kier molecular flexibility index (Phi) is 14.9. The number of aryl methyl sites for hydroxylation is 1. The molecule has 0 bridgehead atoms. The van der Waals surface area contributed by atoms with Gasteiger partial charge in [0.25, 0.3) is 17.7 Å². The summed E-state index contributed by atoms with van der Waals surface area (Å²) in [6.45, 7) is 15.4. The molecule has 308 valence electrons. The first-order valence-corrected chi connectivity index (χ1v) is 20.5. The van der Waals surface area contributed by atoms with Crippen LogP contribution in [-0.2, 0) is 33.4 Å². The van der Waals surface area contributed by atoms with Crippen LogP contribution in [0.1, 0.15) is 86.3 Å². The van der Waals surface area contributed by atoms with Gasteiger partial charge in [-0.1, -0.05) is 32.0 Å². The van der Waals surface area contributed by atoms with Crippen LogP contribution in [-0.4, -0.2) is 126 Å². The summed E-state index contributed by atoms with van der Waals surface area (Å²) in [5.41, 5.74) is 4.54. The predicted molar refractivity (Wildman–Crippen MR) is 220 cm³/mol. The Morgan fingerprint density at radius 1 is 1.05 bits per heavy atom. The van der Waals surface area contributed by atoms with E-state index in [0.717, 1.165) is 52.0 Å². The van der Waals surface area contributed by atoms with Gasteiger partial charge in [0.15, 0.2) is 11.9 Å². The Balaban J connectivity index is 1.11. The molecule has 2 fully saturated rings. The quantitative estimate of drug-likeness (QED) is 0.132. The Hall–Kier alpha value is -4.77. The van der Waals surface area contributed by atoms with E-state index < -0.39 is 24.1 Å². The van der Waals surface area contributed by atoms with Crippen molar-refractivity contribution in [3.63, 3.8) is 0 Å². The van der Waals surface area contributed by atoms with Crippen molar-refractivity contribution in [3.05, 3.63) is 57.4 Å². The number of thioether (sulfide) groups is 1. The topological polar surface area (TPSA) is 182 Å². The number of aromatic amines is 1. The minimum Gasteiger partial charge on any atom is -0.463 e. The number of amides is 4. The lowest BCUT2D eigenvalue weighted by Gasteiger charge is -2.29. The number of hydrogen-bond donors (Lipinski definition) is 4. The number of H-pyrrole nitrogens is 1. The van der Waals surface area contributed by atoms with Gasteiger partial charge in [-0.2, -0.15) is 0 Å². The van der Waals surface area contributed by atoms with E-state index in [1.165, 1.54) is 36.6 Å². The van der Waals surface area contributed by atoms with Crippen LogP contribution in [0.25, 0.3) is 11.6 Å². The van der Waals surface area contributed by atoms with Crippen molar-refractivity contribution in [3.8, 4) is 0 Å². The number of nitrogens with zero attached hydrogens (tertiary/aromatic N) is 3. The molecule has 15 nitrogen and oxygen atoms in total. The number of ketones is 1. The van der Waals surface area contributed by atoms with Crippen molar-refractivity contribution in [2.45, 2.75) is 84.8 Å². The van der Waals surface area contributed by atoms with Crippen LogP contribution in [0, 0.1) is 13.8 Å². The SMILES string of the molecule is CCN(CC)CCNC(=O)c1c(C)[nH]c(/C=C2\C(=O)Nc3ccc(NC(=O)CCOC(=O)C(C)OC(C)C(=O)/C=C4/SC(N5CCCCC5)C(=O)N4C)cc32)c1C. The first-order chi connectivity index (χ1) is 27.2. The van der Waals surface area contributed by atoms with E-state index >= 15 is 0 Å². The molecular formula is C41H55N7O8S. The van der Waals surface area contributed by atoms with Gasteiger partial charge in [-0.15, -0.1) is 0 Å². The molecule has 1 aromatic heterocycles. The molecule has 5 rings (SSSR count). The number of esters is 1. The summed E-state index contributed by atoms with van der Waals surface area (Å²) >= 11 is 1.35. The average molecular weight is 806 g/mol. The number of anilines is 2. The van der Waals surface area contributed by atoms with Crippen LogP contribution in [0.3, 0.4) is 0 Å². The lowest BCUT2D eigenvalue weighted by Crippen LogP contribution is -2.42. The molecule has 0 spiro atoms. The zero-order valence-corrected chi connectivity index (χ0v) is 34.7. The summed E-state index contributed by atoms with van der Waals surface area (Å²) in [5, 5.41) is 8.82. The molecule has 0 radical (unpaired) electrons. The molecule has 16 heteroatoms. The molecule has 3 aliphatic heterocycles. The Labute approximate surface area is 338 Å². The highest BCUT2D eigenvalue weighted by Gasteiger charge is 2.39. The van der Waals surface area contributed by atoms with Crippen LogP contribution in [0.5, 0.6) is 0 Å². The maximum Gasteiger partial charge on any atom is 0.335 e. The van der Waals surface area contributed by atoms with E-state index in [0.29, 0.717) is 56.6 Å². The van der Waals surface area contributed by atoms with Gasteiger partial charge in [0.2, 0.25) is 5.91 Å². The van der Waals surface area contributed by atoms with E-state index in [4.69, 9.17) is 9.47 Å². The monoisotopic (exact) mass is 805 g/mol. The number of likely N-dealkylation sites (tertiary alicyclic amines) is 1. The molecule has 3 atom stereocenters. The van der Waals surface area contributed by atoms with Crippen LogP contribution in [0.4, 0.5) is 11.4 Å². The number of fused-ring (bicyclic) bond motifs is 1. The van der Waals surface area contributed by atoms with Crippen LogP contribution in [0.15, 0.2) is 29.3 Å². The van der Waals surface area contributed by atoms with Gasteiger partial charge in [-0.05, 0) is 96.6 Å². The van der Waals surface area contributed by atoms with Gasteiger partial charge in [0.05, 0.1) is 22.6 Å². The van der Waals surface area contributed by atoms with Crippen molar-refractivity contribution in [1.82, 2.24) is 25.0 Å². The number of nitrogens with one attached hydrogen (secondary N) is 4. The molecule has 4 amide bonds. The van der Waals surface area contributed by atoms with E-state index in [2.05, 4.69) is 44.6 Å². The average Bonchev–Trinajstić information content (AvgIpc) is 3.77. The number of ether oxygens (including phenoxy) is 2. The fraction of sp³-hybridized carbons (Fsp3) is 0.512. The van der Waals surface area contributed by atoms with Crippen LogP contribution < -0.4 is 16.0 Å². The molecule has 57 heavy (non-hydrogen) atoms. The molecule has 3 unspecified atom stereocenters. The van der Waals surface area contributed by atoms with Gasteiger partial charge in [-0.25, -0.2) is 4.79 Å². The summed E-state index contributed by atoms with van der Waals surface area (Å²) < 4.78 is 10.9. The molecule has 1 aromatic carbocycles. The van der Waals surface area contributed by atoms with Crippen molar-refractivity contribution >= 4 is 70.2 Å². The number of benzene rings is 1. The maximum atomic E-state index is 13.1. The minimum absolute atomic E-state index is 0.0585. The molecule has 0 aliphatic carbocycles. The zero-order valence-electron chi connectivity index (χ0n) is 33.9. The molecule has 0 saturated carbocycles. The van der Waals surface area contributed by atoms with Crippen LogP contribution >= 0.6 is 11.8 Å². The highest BCUT2D eigenvalue weighted by Crippen LogP contribution is 2.38.